The lowest BCUT2D eigenvalue weighted by atomic mass is 10.00. The molecular formula is C14H10Cl2FIO. The van der Waals surface area contributed by atoms with E-state index in [1.165, 1.54) is 6.07 Å². The van der Waals surface area contributed by atoms with Crippen molar-refractivity contribution in [2.24, 2.45) is 0 Å². The van der Waals surface area contributed by atoms with E-state index >= 15 is 0 Å². The number of aryl methyl sites for hydroxylation is 1. The minimum Gasteiger partial charge on any atom is -0.384 e. The third-order valence-electron chi connectivity index (χ3n) is 2.83. The summed E-state index contributed by atoms with van der Waals surface area (Å²) in [5.74, 6) is -0.387. The maximum absolute atomic E-state index is 13.4. The lowest BCUT2D eigenvalue weighted by molar-refractivity contribution is 0.220. The van der Waals surface area contributed by atoms with Gasteiger partial charge in [0.2, 0.25) is 0 Å². The molecule has 0 saturated carbocycles. The van der Waals surface area contributed by atoms with Crippen molar-refractivity contribution in [2.75, 3.05) is 0 Å². The quantitative estimate of drug-likeness (QED) is 0.680. The van der Waals surface area contributed by atoms with Crippen LogP contribution in [0.3, 0.4) is 0 Å². The summed E-state index contributed by atoms with van der Waals surface area (Å²) < 4.78 is 14.3. The molecule has 0 heterocycles. The molecule has 0 aromatic heterocycles. The number of aliphatic hydroxyl groups is 1. The Morgan fingerprint density at radius 2 is 1.84 bits per heavy atom. The molecule has 2 rings (SSSR count). The molecule has 1 N–H and O–H groups in total. The summed E-state index contributed by atoms with van der Waals surface area (Å²) in [6.07, 6.45) is -0.929. The molecule has 19 heavy (non-hydrogen) atoms. The summed E-state index contributed by atoms with van der Waals surface area (Å²) in [6.45, 7) is 1.63. The summed E-state index contributed by atoms with van der Waals surface area (Å²) in [5, 5.41) is 11.1. The summed E-state index contributed by atoms with van der Waals surface area (Å²) in [5.41, 5.74) is 1.53. The molecule has 0 radical (unpaired) electrons. The van der Waals surface area contributed by atoms with Crippen molar-refractivity contribution < 1.29 is 9.50 Å². The molecular weight excluding hydrogens is 401 g/mol. The van der Waals surface area contributed by atoms with Gasteiger partial charge in [0, 0.05) is 14.2 Å². The minimum atomic E-state index is -0.929. The van der Waals surface area contributed by atoms with Crippen molar-refractivity contribution in [1.82, 2.24) is 0 Å². The van der Waals surface area contributed by atoms with E-state index in [0.717, 1.165) is 3.57 Å². The smallest absolute Gasteiger partial charge is 0.127 e. The largest absolute Gasteiger partial charge is 0.384 e. The molecule has 0 fully saturated rings. The van der Waals surface area contributed by atoms with Gasteiger partial charge in [0.25, 0.3) is 0 Å². The van der Waals surface area contributed by atoms with Crippen molar-refractivity contribution in [3.05, 3.63) is 66.5 Å². The number of rotatable bonds is 2. The molecule has 0 spiro atoms. The predicted octanol–water partition coefficient (Wildman–Crippen LogP) is 5.13. The Morgan fingerprint density at radius 1 is 1.16 bits per heavy atom. The highest BCUT2D eigenvalue weighted by Crippen LogP contribution is 2.32. The second-order valence-electron chi connectivity index (χ2n) is 4.20. The molecule has 0 saturated heterocycles. The zero-order valence-electron chi connectivity index (χ0n) is 9.92. The molecule has 1 nitrogen and oxygen atoms in total. The van der Waals surface area contributed by atoms with Gasteiger partial charge in [-0.15, -0.1) is 0 Å². The van der Waals surface area contributed by atoms with E-state index in [4.69, 9.17) is 23.2 Å². The highest BCUT2D eigenvalue weighted by atomic mass is 127. The van der Waals surface area contributed by atoms with Gasteiger partial charge in [-0.25, -0.2) is 4.39 Å². The van der Waals surface area contributed by atoms with Gasteiger partial charge in [0.15, 0.2) is 0 Å². The van der Waals surface area contributed by atoms with Crippen LogP contribution in [-0.2, 0) is 0 Å². The zero-order valence-corrected chi connectivity index (χ0v) is 13.6. The van der Waals surface area contributed by atoms with Crippen LogP contribution in [0, 0.1) is 16.3 Å². The Bertz CT molecular complexity index is 631. The van der Waals surface area contributed by atoms with Crippen LogP contribution >= 0.6 is 45.8 Å². The lowest BCUT2D eigenvalue weighted by Gasteiger charge is -2.15. The normalized spacial score (nSPS) is 12.5. The third kappa shape index (κ3) is 3.21. The molecule has 0 aliphatic heterocycles. The first-order valence-corrected chi connectivity index (χ1v) is 7.32. The second kappa shape index (κ2) is 5.95. The molecule has 0 aliphatic carbocycles. The van der Waals surface area contributed by atoms with Crippen LogP contribution in [0.25, 0.3) is 0 Å². The highest BCUT2D eigenvalue weighted by Gasteiger charge is 2.16. The standard InChI is InChI=1S/C14H10Cl2FIO/c1-7-4-9(10(15)6-12(7)17)14(19)8-2-3-13(18)11(16)5-8/h2-6,14,19H,1H3. The van der Waals surface area contributed by atoms with E-state index in [-0.39, 0.29) is 10.8 Å². The maximum atomic E-state index is 13.4. The molecule has 0 amide bonds. The first-order valence-electron chi connectivity index (χ1n) is 5.48. The Kier molecular flexibility index (Phi) is 4.71. The van der Waals surface area contributed by atoms with Crippen molar-refractivity contribution in [3.63, 3.8) is 0 Å². The predicted molar refractivity (Wildman–Crippen MR) is 84.4 cm³/mol. The summed E-state index contributed by atoms with van der Waals surface area (Å²) in [6, 6.07) is 8.03. The summed E-state index contributed by atoms with van der Waals surface area (Å²) in [7, 11) is 0. The number of hydrogen-bond donors (Lipinski definition) is 1. The van der Waals surface area contributed by atoms with E-state index < -0.39 is 6.10 Å². The van der Waals surface area contributed by atoms with Crippen molar-refractivity contribution >= 4 is 45.8 Å². The van der Waals surface area contributed by atoms with Gasteiger partial charge in [-0.1, -0.05) is 29.3 Å². The fourth-order valence-electron chi connectivity index (χ4n) is 1.75. The van der Waals surface area contributed by atoms with Crippen LogP contribution in [0.2, 0.25) is 10.0 Å². The Labute approximate surface area is 134 Å². The molecule has 2 aromatic rings. The van der Waals surface area contributed by atoms with E-state index in [1.54, 1.807) is 25.1 Å². The fourth-order valence-corrected chi connectivity index (χ4v) is 2.53. The van der Waals surface area contributed by atoms with Crippen LogP contribution < -0.4 is 0 Å². The highest BCUT2D eigenvalue weighted by molar-refractivity contribution is 14.1. The lowest BCUT2D eigenvalue weighted by Crippen LogP contribution is -2.02. The van der Waals surface area contributed by atoms with Gasteiger partial charge in [0.1, 0.15) is 11.9 Å². The van der Waals surface area contributed by atoms with E-state index in [0.29, 0.717) is 21.7 Å². The van der Waals surface area contributed by atoms with Crippen molar-refractivity contribution in [3.8, 4) is 0 Å². The molecule has 0 bridgehead atoms. The van der Waals surface area contributed by atoms with Gasteiger partial charge >= 0.3 is 0 Å². The van der Waals surface area contributed by atoms with Crippen LogP contribution in [0.15, 0.2) is 30.3 Å². The van der Waals surface area contributed by atoms with Gasteiger partial charge < -0.3 is 5.11 Å². The number of aliphatic hydroxyl groups excluding tert-OH is 1. The van der Waals surface area contributed by atoms with Gasteiger partial charge in [0.05, 0.1) is 5.02 Å². The minimum absolute atomic E-state index is 0.199. The molecule has 1 unspecified atom stereocenters. The first kappa shape index (κ1) is 15.0. The monoisotopic (exact) mass is 410 g/mol. The molecule has 2 aromatic carbocycles. The third-order valence-corrected chi connectivity index (χ3v) is 4.73. The van der Waals surface area contributed by atoms with Gasteiger partial charge in [-0.05, 0) is 64.9 Å². The van der Waals surface area contributed by atoms with Crippen molar-refractivity contribution in [1.29, 1.82) is 0 Å². The van der Waals surface area contributed by atoms with Crippen LogP contribution in [0.1, 0.15) is 22.8 Å². The van der Waals surface area contributed by atoms with Crippen molar-refractivity contribution in [2.45, 2.75) is 13.0 Å². The maximum Gasteiger partial charge on any atom is 0.127 e. The van der Waals surface area contributed by atoms with E-state index in [9.17, 15) is 9.50 Å². The van der Waals surface area contributed by atoms with Gasteiger partial charge in [-0.2, -0.15) is 0 Å². The average Bonchev–Trinajstić information content (AvgIpc) is 2.36. The topological polar surface area (TPSA) is 20.2 Å². The Morgan fingerprint density at radius 3 is 2.47 bits per heavy atom. The first-order chi connectivity index (χ1) is 8.90. The van der Waals surface area contributed by atoms with Crippen LogP contribution in [-0.4, -0.2) is 5.11 Å². The number of halogens is 4. The summed E-state index contributed by atoms with van der Waals surface area (Å²) >= 11 is 14.1. The van der Waals surface area contributed by atoms with Crippen LogP contribution in [0.4, 0.5) is 4.39 Å². The SMILES string of the molecule is Cc1cc(C(O)c2ccc(I)c(Cl)c2)c(Cl)cc1F. The number of benzene rings is 2. The van der Waals surface area contributed by atoms with Crippen LogP contribution in [0.5, 0.6) is 0 Å². The number of hydrogen-bond acceptors (Lipinski definition) is 1. The average molecular weight is 411 g/mol. The second-order valence-corrected chi connectivity index (χ2v) is 6.18. The zero-order chi connectivity index (χ0) is 14.2. The molecule has 100 valence electrons. The van der Waals surface area contributed by atoms with Gasteiger partial charge in [-0.3, -0.25) is 0 Å². The molecule has 5 heteroatoms. The Hall–Kier alpha value is -0.360. The molecule has 1 atom stereocenters. The molecule has 0 aliphatic rings. The summed E-state index contributed by atoms with van der Waals surface area (Å²) in [4.78, 5) is 0. The fraction of sp³-hybridized carbons (Fsp3) is 0.143. The Balaban J connectivity index is 2.46. The van der Waals surface area contributed by atoms with E-state index in [1.807, 2.05) is 6.07 Å². The van der Waals surface area contributed by atoms with E-state index in [2.05, 4.69) is 22.6 Å².